The number of hydrogen-bond acceptors (Lipinski definition) is 5. The van der Waals surface area contributed by atoms with Crippen LogP contribution in [-0.2, 0) is 17.1 Å². The molecule has 2 heterocycles. The summed E-state index contributed by atoms with van der Waals surface area (Å²) in [7, 11) is 0. The number of nitrogens with one attached hydrogen (secondary N) is 1. The average molecular weight is 487 g/mol. The number of carbonyl (C=O) groups excluding carboxylic acids is 2. The Kier molecular flexibility index (Phi) is 7.84. The predicted octanol–water partition coefficient (Wildman–Crippen LogP) is 5.37. The zero-order chi connectivity index (χ0) is 22.3. The van der Waals surface area contributed by atoms with E-state index < -0.39 is 0 Å². The van der Waals surface area contributed by atoms with Gasteiger partial charge < -0.3 is 14.6 Å². The maximum atomic E-state index is 12.5. The fourth-order valence-electron chi connectivity index (χ4n) is 3.43. The Morgan fingerprint density at radius 2 is 2.03 bits per heavy atom. The van der Waals surface area contributed by atoms with Crippen LogP contribution in [0.1, 0.15) is 32.6 Å². The minimum absolute atomic E-state index is 0.0763. The molecule has 1 aliphatic heterocycles. The molecule has 0 spiro atoms. The van der Waals surface area contributed by atoms with Gasteiger partial charge in [0.2, 0.25) is 5.91 Å². The normalized spacial score (nSPS) is 15.8. The molecule has 1 aliphatic rings. The smallest absolute Gasteiger partial charge is 0.251 e. The number of thioether (sulfide) groups is 2. The summed E-state index contributed by atoms with van der Waals surface area (Å²) in [4.78, 5) is 26.6. The summed E-state index contributed by atoms with van der Waals surface area (Å²) in [6, 6.07) is 19.0. The minimum Gasteiger partial charge on any atom is -0.467 e. The minimum atomic E-state index is -0.0949. The summed E-state index contributed by atoms with van der Waals surface area (Å²) in [6.07, 6.45) is 1.61. The van der Waals surface area contributed by atoms with Crippen LogP contribution in [0, 0.1) is 0 Å². The van der Waals surface area contributed by atoms with E-state index in [4.69, 9.17) is 16.0 Å². The highest BCUT2D eigenvalue weighted by molar-refractivity contribution is 8.00. The molecular formula is C24H23ClN2O3S2. The molecule has 2 amide bonds. The highest BCUT2D eigenvalue weighted by Gasteiger charge is 2.33. The molecule has 166 valence electrons. The number of halogens is 1. The molecule has 0 bridgehead atoms. The molecule has 32 heavy (non-hydrogen) atoms. The molecule has 0 unspecified atom stereocenters. The Labute approximate surface area is 200 Å². The van der Waals surface area contributed by atoms with Gasteiger partial charge >= 0.3 is 0 Å². The van der Waals surface area contributed by atoms with Gasteiger partial charge in [-0.15, -0.1) is 11.8 Å². The van der Waals surface area contributed by atoms with Crippen molar-refractivity contribution in [1.82, 2.24) is 10.2 Å². The Balaban J connectivity index is 1.26. The van der Waals surface area contributed by atoms with Gasteiger partial charge in [-0.3, -0.25) is 9.59 Å². The Morgan fingerprint density at radius 3 is 2.78 bits per heavy atom. The molecule has 0 aliphatic carbocycles. The second-order valence-electron chi connectivity index (χ2n) is 7.32. The number of amides is 2. The number of hydrogen-bond donors (Lipinski definition) is 1. The first-order chi connectivity index (χ1) is 15.6. The SMILES string of the molecule is O=C(NCCSCc1cccc(Cl)c1)c1ccc([C@@H]2SCC(=O)N2Cc2ccco2)cc1. The first-order valence-corrected chi connectivity index (χ1v) is 12.8. The molecular weight excluding hydrogens is 464 g/mol. The molecule has 2 aromatic carbocycles. The first-order valence-electron chi connectivity index (χ1n) is 10.2. The average Bonchev–Trinajstić information content (AvgIpc) is 3.44. The van der Waals surface area contributed by atoms with Crippen molar-refractivity contribution in [2.24, 2.45) is 0 Å². The summed E-state index contributed by atoms with van der Waals surface area (Å²) in [6.45, 7) is 1.04. The highest BCUT2D eigenvalue weighted by Crippen LogP contribution is 2.39. The van der Waals surface area contributed by atoms with E-state index in [1.165, 1.54) is 5.56 Å². The van der Waals surface area contributed by atoms with Crippen LogP contribution in [0.5, 0.6) is 0 Å². The largest absolute Gasteiger partial charge is 0.467 e. The van der Waals surface area contributed by atoms with Gasteiger partial charge in [-0.25, -0.2) is 0 Å². The van der Waals surface area contributed by atoms with Gasteiger partial charge in [0.25, 0.3) is 5.91 Å². The third kappa shape index (κ3) is 5.91. The zero-order valence-electron chi connectivity index (χ0n) is 17.3. The topological polar surface area (TPSA) is 62.6 Å². The van der Waals surface area contributed by atoms with Gasteiger partial charge in [0.1, 0.15) is 11.1 Å². The third-order valence-electron chi connectivity index (χ3n) is 5.02. The van der Waals surface area contributed by atoms with Crippen LogP contribution >= 0.6 is 35.1 Å². The van der Waals surface area contributed by atoms with Gasteiger partial charge in [0.05, 0.1) is 18.6 Å². The van der Waals surface area contributed by atoms with E-state index in [0.29, 0.717) is 24.4 Å². The van der Waals surface area contributed by atoms with Crippen LogP contribution in [0.2, 0.25) is 5.02 Å². The van der Waals surface area contributed by atoms with E-state index >= 15 is 0 Å². The van der Waals surface area contributed by atoms with Crippen molar-refractivity contribution in [2.45, 2.75) is 17.7 Å². The van der Waals surface area contributed by atoms with E-state index in [0.717, 1.165) is 27.9 Å². The fourth-order valence-corrected chi connectivity index (χ4v) is 5.63. The lowest BCUT2D eigenvalue weighted by Crippen LogP contribution is -2.28. The molecule has 1 atom stereocenters. The van der Waals surface area contributed by atoms with Crippen LogP contribution in [0.15, 0.2) is 71.3 Å². The van der Waals surface area contributed by atoms with E-state index in [1.807, 2.05) is 65.6 Å². The maximum absolute atomic E-state index is 12.5. The van der Waals surface area contributed by atoms with Crippen LogP contribution in [0.4, 0.5) is 0 Å². The lowest BCUT2D eigenvalue weighted by atomic mass is 10.1. The van der Waals surface area contributed by atoms with E-state index in [-0.39, 0.29) is 17.2 Å². The standard InChI is InChI=1S/C24H23ClN2O3S2/c25-20-4-1-3-17(13-20)15-31-12-10-26-23(29)18-6-8-19(9-7-18)24-27(22(28)16-32-24)14-21-5-2-11-30-21/h1-9,11,13,24H,10,12,14-16H2,(H,26,29)/t24-/m0/s1. The van der Waals surface area contributed by atoms with E-state index in [2.05, 4.69) is 5.32 Å². The number of nitrogens with zero attached hydrogens (tertiary/aromatic N) is 1. The summed E-state index contributed by atoms with van der Waals surface area (Å²) in [5.74, 6) is 2.88. The fraction of sp³-hybridized carbons (Fsp3) is 0.250. The molecule has 1 saturated heterocycles. The third-order valence-corrected chi connectivity index (χ3v) is 7.54. The summed E-state index contributed by atoms with van der Waals surface area (Å²) in [5.41, 5.74) is 2.79. The van der Waals surface area contributed by atoms with Crippen LogP contribution < -0.4 is 5.32 Å². The maximum Gasteiger partial charge on any atom is 0.251 e. The van der Waals surface area contributed by atoms with E-state index in [9.17, 15) is 9.59 Å². The highest BCUT2D eigenvalue weighted by atomic mass is 35.5. The van der Waals surface area contributed by atoms with Gasteiger partial charge in [0.15, 0.2) is 0 Å². The van der Waals surface area contributed by atoms with E-state index in [1.54, 1.807) is 29.8 Å². The zero-order valence-corrected chi connectivity index (χ0v) is 19.7. The number of carbonyl (C=O) groups is 2. The summed E-state index contributed by atoms with van der Waals surface area (Å²) < 4.78 is 5.40. The van der Waals surface area contributed by atoms with Crippen LogP contribution in [-0.4, -0.2) is 34.8 Å². The monoisotopic (exact) mass is 486 g/mol. The Morgan fingerprint density at radius 1 is 1.19 bits per heavy atom. The molecule has 1 fully saturated rings. The predicted molar refractivity (Wildman–Crippen MR) is 131 cm³/mol. The van der Waals surface area contributed by atoms with Crippen molar-refractivity contribution < 1.29 is 14.0 Å². The van der Waals surface area contributed by atoms with Crippen molar-refractivity contribution in [3.63, 3.8) is 0 Å². The van der Waals surface area contributed by atoms with Crippen molar-refractivity contribution in [3.8, 4) is 0 Å². The van der Waals surface area contributed by atoms with Gasteiger partial charge in [-0.2, -0.15) is 11.8 Å². The van der Waals surface area contributed by atoms with Gasteiger partial charge in [0, 0.05) is 28.6 Å². The van der Waals surface area contributed by atoms with Crippen molar-refractivity contribution in [3.05, 3.63) is 94.4 Å². The molecule has 4 rings (SSSR count). The molecule has 1 N–H and O–H groups in total. The van der Waals surface area contributed by atoms with Crippen LogP contribution in [0.3, 0.4) is 0 Å². The lowest BCUT2D eigenvalue weighted by molar-refractivity contribution is -0.128. The number of benzene rings is 2. The van der Waals surface area contributed by atoms with Crippen molar-refractivity contribution in [1.29, 1.82) is 0 Å². The summed E-state index contributed by atoms with van der Waals surface area (Å²) >= 11 is 9.34. The van der Waals surface area contributed by atoms with Gasteiger partial charge in [-0.1, -0.05) is 35.9 Å². The lowest BCUT2D eigenvalue weighted by Gasteiger charge is -2.23. The molecule has 0 radical (unpaired) electrons. The second-order valence-corrected chi connectivity index (χ2v) is 9.93. The molecule has 3 aromatic rings. The Bertz CT molecular complexity index is 1060. The number of rotatable bonds is 9. The first kappa shape index (κ1) is 22.8. The van der Waals surface area contributed by atoms with Crippen molar-refractivity contribution in [2.75, 3.05) is 18.1 Å². The van der Waals surface area contributed by atoms with Crippen molar-refractivity contribution >= 4 is 46.9 Å². The number of furan rings is 1. The molecule has 0 saturated carbocycles. The van der Waals surface area contributed by atoms with Crippen LogP contribution in [0.25, 0.3) is 0 Å². The second kappa shape index (κ2) is 11.0. The molecule has 5 nitrogen and oxygen atoms in total. The molecule has 1 aromatic heterocycles. The summed E-state index contributed by atoms with van der Waals surface area (Å²) in [5, 5.41) is 3.63. The quantitative estimate of drug-likeness (QED) is 0.412. The van der Waals surface area contributed by atoms with Gasteiger partial charge in [-0.05, 0) is 47.5 Å². The molecule has 8 heteroatoms. The Hall–Kier alpha value is -2.35.